The first kappa shape index (κ1) is 17.2. The molecule has 3 heteroatoms. The Balaban J connectivity index is 2.19. The number of aliphatic hydroxyl groups excluding tert-OH is 1. The molecule has 0 bridgehead atoms. The standard InChI is InChI=1S/C20H25NO2/c1-20(2,3)16-10-6-14(7-11-16)18(22)19(23)15-8-12-17(13-9-15)21(4)5/h6-13,18,22H,1-5H3/t18-/m1/s1. The largest absolute Gasteiger partial charge is 0.380 e. The van der Waals surface area contributed by atoms with Gasteiger partial charge in [0.1, 0.15) is 6.10 Å². The minimum Gasteiger partial charge on any atom is -0.380 e. The van der Waals surface area contributed by atoms with Crippen LogP contribution in [0, 0.1) is 0 Å². The average molecular weight is 311 g/mol. The number of carbonyl (C=O) groups is 1. The van der Waals surface area contributed by atoms with Crippen LogP contribution in [0.5, 0.6) is 0 Å². The average Bonchev–Trinajstić information content (AvgIpc) is 2.53. The van der Waals surface area contributed by atoms with Crippen molar-refractivity contribution in [2.24, 2.45) is 0 Å². The van der Waals surface area contributed by atoms with Crippen LogP contribution in [0.2, 0.25) is 0 Å². The molecule has 0 unspecified atom stereocenters. The van der Waals surface area contributed by atoms with E-state index in [-0.39, 0.29) is 11.2 Å². The molecule has 0 aliphatic carbocycles. The molecule has 0 spiro atoms. The first-order valence-electron chi connectivity index (χ1n) is 7.80. The molecule has 0 saturated carbocycles. The third kappa shape index (κ3) is 3.99. The molecule has 2 aromatic rings. The van der Waals surface area contributed by atoms with Gasteiger partial charge in [0.25, 0.3) is 0 Å². The van der Waals surface area contributed by atoms with E-state index in [2.05, 4.69) is 20.8 Å². The number of aliphatic hydroxyl groups is 1. The van der Waals surface area contributed by atoms with E-state index in [0.29, 0.717) is 11.1 Å². The van der Waals surface area contributed by atoms with Gasteiger partial charge < -0.3 is 10.0 Å². The topological polar surface area (TPSA) is 40.5 Å². The number of benzene rings is 2. The van der Waals surface area contributed by atoms with E-state index in [0.717, 1.165) is 5.69 Å². The van der Waals surface area contributed by atoms with E-state index in [1.54, 1.807) is 12.1 Å². The van der Waals surface area contributed by atoms with Crippen LogP contribution in [0.1, 0.15) is 48.4 Å². The molecule has 2 aromatic carbocycles. The highest BCUT2D eigenvalue weighted by Crippen LogP contribution is 2.25. The van der Waals surface area contributed by atoms with Gasteiger partial charge in [0.05, 0.1) is 0 Å². The minimum atomic E-state index is -1.13. The van der Waals surface area contributed by atoms with Crippen LogP contribution in [0.3, 0.4) is 0 Å². The van der Waals surface area contributed by atoms with Crippen LogP contribution in [0.4, 0.5) is 5.69 Å². The smallest absolute Gasteiger partial charge is 0.195 e. The van der Waals surface area contributed by atoms with Crippen LogP contribution in [-0.2, 0) is 5.41 Å². The molecule has 0 amide bonds. The molecular formula is C20H25NO2. The molecule has 0 aromatic heterocycles. The molecule has 23 heavy (non-hydrogen) atoms. The number of hydrogen-bond acceptors (Lipinski definition) is 3. The van der Waals surface area contributed by atoms with Crippen LogP contribution in [0.15, 0.2) is 48.5 Å². The second kappa shape index (κ2) is 6.55. The zero-order valence-electron chi connectivity index (χ0n) is 14.5. The molecular weight excluding hydrogens is 286 g/mol. The van der Waals surface area contributed by atoms with E-state index in [1.165, 1.54) is 5.56 Å². The Kier molecular flexibility index (Phi) is 4.90. The number of nitrogens with zero attached hydrogens (tertiary/aromatic N) is 1. The number of anilines is 1. The summed E-state index contributed by atoms with van der Waals surface area (Å²) in [5.41, 5.74) is 3.39. The molecule has 122 valence electrons. The lowest BCUT2D eigenvalue weighted by atomic mass is 9.86. The molecule has 2 rings (SSSR count). The highest BCUT2D eigenvalue weighted by atomic mass is 16.3. The zero-order valence-corrected chi connectivity index (χ0v) is 14.5. The van der Waals surface area contributed by atoms with Gasteiger partial charge in [-0.25, -0.2) is 0 Å². The monoisotopic (exact) mass is 311 g/mol. The lowest BCUT2D eigenvalue weighted by Gasteiger charge is -2.20. The summed E-state index contributed by atoms with van der Waals surface area (Å²) in [4.78, 5) is 14.4. The fourth-order valence-electron chi connectivity index (χ4n) is 2.40. The summed E-state index contributed by atoms with van der Waals surface area (Å²) in [6.07, 6.45) is -1.13. The maximum atomic E-state index is 12.4. The maximum Gasteiger partial charge on any atom is 0.195 e. The number of rotatable bonds is 4. The quantitative estimate of drug-likeness (QED) is 0.869. The lowest BCUT2D eigenvalue weighted by molar-refractivity contribution is 0.0747. The lowest BCUT2D eigenvalue weighted by Crippen LogP contribution is -2.14. The first-order valence-corrected chi connectivity index (χ1v) is 7.80. The highest BCUT2D eigenvalue weighted by molar-refractivity contribution is 6.00. The molecule has 0 fully saturated rings. The predicted molar refractivity (Wildman–Crippen MR) is 95.2 cm³/mol. The van der Waals surface area contributed by atoms with E-state index in [9.17, 15) is 9.90 Å². The molecule has 1 N–H and O–H groups in total. The van der Waals surface area contributed by atoms with Gasteiger partial charge in [0.15, 0.2) is 5.78 Å². The molecule has 0 radical (unpaired) electrons. The Morgan fingerprint density at radius 3 is 1.91 bits per heavy atom. The number of Topliss-reactive ketones (excluding diaryl/α,β-unsaturated/α-hetero) is 1. The van der Waals surface area contributed by atoms with Crippen molar-refractivity contribution in [2.45, 2.75) is 32.3 Å². The maximum absolute atomic E-state index is 12.4. The van der Waals surface area contributed by atoms with Gasteiger partial charge in [-0.05, 0) is 40.8 Å². The van der Waals surface area contributed by atoms with E-state index in [1.807, 2.05) is 55.4 Å². The van der Waals surface area contributed by atoms with Gasteiger partial charge in [-0.1, -0.05) is 45.0 Å². The van der Waals surface area contributed by atoms with Gasteiger partial charge >= 0.3 is 0 Å². The summed E-state index contributed by atoms with van der Waals surface area (Å²) >= 11 is 0. The van der Waals surface area contributed by atoms with E-state index >= 15 is 0 Å². The zero-order chi connectivity index (χ0) is 17.2. The third-order valence-corrected chi connectivity index (χ3v) is 4.01. The van der Waals surface area contributed by atoms with Crippen molar-refractivity contribution in [1.29, 1.82) is 0 Å². The van der Waals surface area contributed by atoms with Crippen molar-refractivity contribution in [2.75, 3.05) is 19.0 Å². The van der Waals surface area contributed by atoms with Crippen molar-refractivity contribution >= 4 is 11.5 Å². The third-order valence-electron chi connectivity index (χ3n) is 4.01. The number of hydrogen-bond donors (Lipinski definition) is 1. The van der Waals surface area contributed by atoms with E-state index < -0.39 is 6.10 Å². The first-order chi connectivity index (χ1) is 10.7. The van der Waals surface area contributed by atoms with E-state index in [4.69, 9.17) is 0 Å². The fraction of sp³-hybridized carbons (Fsp3) is 0.350. The molecule has 0 aliphatic rings. The van der Waals surface area contributed by atoms with Gasteiger partial charge in [-0.15, -0.1) is 0 Å². The Hall–Kier alpha value is -2.13. The minimum absolute atomic E-state index is 0.0511. The SMILES string of the molecule is CN(C)c1ccc(C(=O)[C@H](O)c2ccc(C(C)(C)C)cc2)cc1. The summed E-state index contributed by atoms with van der Waals surface area (Å²) in [6, 6.07) is 14.9. The Bertz CT molecular complexity index is 664. The fourth-order valence-corrected chi connectivity index (χ4v) is 2.40. The summed E-state index contributed by atoms with van der Waals surface area (Å²) in [5.74, 6) is -0.279. The van der Waals surface area contributed by atoms with Gasteiger partial charge in [-0.3, -0.25) is 4.79 Å². The van der Waals surface area contributed by atoms with Crippen LogP contribution in [-0.4, -0.2) is 25.0 Å². The summed E-state index contributed by atoms with van der Waals surface area (Å²) in [5, 5.41) is 10.4. The number of ketones is 1. The predicted octanol–water partition coefficient (Wildman–Crippen LogP) is 3.97. The van der Waals surface area contributed by atoms with Crippen LogP contribution < -0.4 is 4.90 Å². The van der Waals surface area contributed by atoms with Crippen molar-refractivity contribution in [3.63, 3.8) is 0 Å². The molecule has 3 nitrogen and oxygen atoms in total. The van der Waals surface area contributed by atoms with Crippen molar-refractivity contribution in [3.05, 3.63) is 65.2 Å². The van der Waals surface area contributed by atoms with Crippen molar-refractivity contribution < 1.29 is 9.90 Å². The highest BCUT2D eigenvalue weighted by Gasteiger charge is 2.20. The van der Waals surface area contributed by atoms with Crippen LogP contribution in [0.25, 0.3) is 0 Å². The summed E-state index contributed by atoms with van der Waals surface area (Å²) < 4.78 is 0. The number of carbonyl (C=O) groups excluding carboxylic acids is 1. The van der Waals surface area contributed by atoms with Gasteiger partial charge in [0, 0.05) is 25.3 Å². The summed E-state index contributed by atoms with van der Waals surface area (Å²) in [7, 11) is 3.89. The normalized spacial score (nSPS) is 12.8. The van der Waals surface area contributed by atoms with Crippen molar-refractivity contribution in [1.82, 2.24) is 0 Å². The van der Waals surface area contributed by atoms with Crippen LogP contribution >= 0.6 is 0 Å². The molecule has 0 saturated heterocycles. The Morgan fingerprint density at radius 1 is 0.957 bits per heavy atom. The second-order valence-corrected chi connectivity index (χ2v) is 7.08. The molecule has 1 atom stereocenters. The van der Waals surface area contributed by atoms with Gasteiger partial charge in [-0.2, -0.15) is 0 Å². The summed E-state index contributed by atoms with van der Waals surface area (Å²) in [6.45, 7) is 6.40. The molecule has 0 aliphatic heterocycles. The Morgan fingerprint density at radius 2 is 1.48 bits per heavy atom. The second-order valence-electron chi connectivity index (χ2n) is 7.08. The molecule has 0 heterocycles. The van der Waals surface area contributed by atoms with Gasteiger partial charge in [0.2, 0.25) is 0 Å². The van der Waals surface area contributed by atoms with Crippen molar-refractivity contribution in [3.8, 4) is 0 Å². The Labute approximate surface area is 138 Å².